The van der Waals surface area contributed by atoms with Crippen molar-refractivity contribution in [2.24, 2.45) is 12.8 Å². The average molecular weight is 416 g/mol. The van der Waals surface area contributed by atoms with Gasteiger partial charge >= 0.3 is 0 Å². The molecule has 0 bridgehead atoms. The number of aromatic nitrogens is 3. The zero-order valence-corrected chi connectivity index (χ0v) is 17.3. The number of carbonyl (C=O) groups excluding carboxylic acids is 2. The van der Waals surface area contributed by atoms with E-state index in [2.05, 4.69) is 33.9 Å². The molecular weight excluding hydrogens is 394 g/mol. The minimum Gasteiger partial charge on any atom is -0.366 e. The molecule has 0 saturated carbocycles. The Morgan fingerprint density at radius 1 is 1.29 bits per heavy atom. The van der Waals surface area contributed by atoms with Crippen LogP contribution in [0, 0.1) is 0 Å². The summed E-state index contributed by atoms with van der Waals surface area (Å²) in [5.74, 6) is 0.0911. The van der Waals surface area contributed by atoms with Gasteiger partial charge in [-0.05, 0) is 24.6 Å². The molecule has 0 radical (unpaired) electrons. The first-order chi connectivity index (χ1) is 13.5. The van der Waals surface area contributed by atoms with Crippen LogP contribution in [0.3, 0.4) is 0 Å². The van der Waals surface area contributed by atoms with Gasteiger partial charge in [-0.2, -0.15) is 0 Å². The number of hydrogen-bond donors (Lipinski definition) is 2. The van der Waals surface area contributed by atoms with Gasteiger partial charge in [0.05, 0.1) is 17.0 Å². The molecule has 0 atom stereocenters. The molecule has 0 spiro atoms. The smallest absolute Gasteiger partial charge is 0.250 e. The number of para-hydroxylation sites is 1. The number of amides is 2. The third-order valence-electron chi connectivity index (χ3n) is 4.04. The number of nitrogens with one attached hydrogen (secondary N) is 1. The number of nitrogens with two attached hydrogens (primary N) is 1. The predicted octanol–water partition coefficient (Wildman–Crippen LogP) is 3.33. The number of aryl methyl sites for hydroxylation is 1. The number of carbonyl (C=O) groups is 2. The minimum absolute atomic E-state index is 0.143. The third kappa shape index (κ3) is 4.60. The zero-order chi connectivity index (χ0) is 20.1. The molecule has 3 rings (SSSR count). The lowest BCUT2D eigenvalue weighted by Gasteiger charge is -2.08. The van der Waals surface area contributed by atoms with Crippen LogP contribution in [0.4, 0.5) is 5.69 Å². The molecule has 3 aromatic rings. The molecule has 0 aliphatic carbocycles. The summed E-state index contributed by atoms with van der Waals surface area (Å²) >= 11 is 3.01. The predicted molar refractivity (Wildman–Crippen MR) is 113 cm³/mol. The summed E-state index contributed by atoms with van der Waals surface area (Å²) in [6.07, 6.45) is 2.16. The number of rotatable bonds is 8. The number of benzene rings is 1. The van der Waals surface area contributed by atoms with E-state index in [1.165, 1.54) is 16.6 Å². The second kappa shape index (κ2) is 9.03. The summed E-state index contributed by atoms with van der Waals surface area (Å²) in [5, 5.41) is 13.9. The van der Waals surface area contributed by atoms with E-state index in [1.807, 2.05) is 11.6 Å². The number of primary amides is 1. The molecule has 0 fully saturated rings. The van der Waals surface area contributed by atoms with Crippen molar-refractivity contribution in [2.75, 3.05) is 11.1 Å². The van der Waals surface area contributed by atoms with Gasteiger partial charge in [-0.1, -0.05) is 37.2 Å². The Morgan fingerprint density at radius 3 is 2.82 bits per heavy atom. The van der Waals surface area contributed by atoms with Gasteiger partial charge in [-0.25, -0.2) is 0 Å². The Bertz CT molecular complexity index is 996. The van der Waals surface area contributed by atoms with Gasteiger partial charge in [0.1, 0.15) is 0 Å². The van der Waals surface area contributed by atoms with Gasteiger partial charge in [0.25, 0.3) is 5.91 Å². The van der Waals surface area contributed by atoms with E-state index in [-0.39, 0.29) is 17.2 Å². The molecule has 0 aliphatic heterocycles. The van der Waals surface area contributed by atoms with Crippen molar-refractivity contribution in [1.29, 1.82) is 0 Å². The van der Waals surface area contributed by atoms with Gasteiger partial charge in [-0.15, -0.1) is 21.5 Å². The summed E-state index contributed by atoms with van der Waals surface area (Å²) in [6, 6.07) is 8.79. The molecule has 9 heteroatoms. The van der Waals surface area contributed by atoms with E-state index in [9.17, 15) is 9.59 Å². The molecule has 2 heterocycles. The van der Waals surface area contributed by atoms with Crippen LogP contribution in [0.5, 0.6) is 0 Å². The highest BCUT2D eigenvalue weighted by Crippen LogP contribution is 2.27. The van der Waals surface area contributed by atoms with Crippen LogP contribution in [0.15, 0.2) is 40.9 Å². The summed E-state index contributed by atoms with van der Waals surface area (Å²) in [6.45, 7) is 2.16. The van der Waals surface area contributed by atoms with E-state index in [1.54, 1.807) is 35.6 Å². The fourth-order valence-electron chi connectivity index (χ4n) is 2.69. The summed E-state index contributed by atoms with van der Waals surface area (Å²) < 4.78 is 1.88. The van der Waals surface area contributed by atoms with Crippen molar-refractivity contribution in [3.8, 4) is 11.4 Å². The fourth-order valence-corrected chi connectivity index (χ4v) is 4.37. The molecule has 1 aromatic carbocycles. The average Bonchev–Trinajstić information content (AvgIpc) is 3.27. The van der Waals surface area contributed by atoms with E-state index in [4.69, 9.17) is 5.73 Å². The maximum Gasteiger partial charge on any atom is 0.250 e. The molecule has 3 N–H and O–H groups in total. The van der Waals surface area contributed by atoms with Crippen LogP contribution < -0.4 is 11.1 Å². The molecule has 28 heavy (non-hydrogen) atoms. The first-order valence-electron chi connectivity index (χ1n) is 8.78. The van der Waals surface area contributed by atoms with Crippen molar-refractivity contribution >= 4 is 40.6 Å². The normalized spacial score (nSPS) is 10.8. The van der Waals surface area contributed by atoms with Crippen molar-refractivity contribution in [3.63, 3.8) is 0 Å². The standard InChI is InChI=1S/C19H21N5O2S2/c1-3-6-13-9-12(10-27-13)18-22-23-19(24(18)2)28-11-16(25)21-15-8-5-4-7-14(15)17(20)26/h4-5,7-10H,3,6,11H2,1-2H3,(H2,20,26)(H,21,25). The molecule has 2 amide bonds. The molecule has 2 aromatic heterocycles. The largest absolute Gasteiger partial charge is 0.366 e. The Kier molecular flexibility index (Phi) is 6.48. The highest BCUT2D eigenvalue weighted by Gasteiger charge is 2.15. The van der Waals surface area contributed by atoms with Crippen LogP contribution in [-0.4, -0.2) is 32.3 Å². The number of anilines is 1. The van der Waals surface area contributed by atoms with E-state index in [0.29, 0.717) is 10.8 Å². The second-order valence-electron chi connectivity index (χ2n) is 6.16. The molecule has 7 nitrogen and oxygen atoms in total. The Balaban J connectivity index is 1.64. The van der Waals surface area contributed by atoms with E-state index >= 15 is 0 Å². The number of nitrogens with zero attached hydrogens (tertiary/aromatic N) is 3. The van der Waals surface area contributed by atoms with E-state index in [0.717, 1.165) is 24.2 Å². The van der Waals surface area contributed by atoms with Crippen molar-refractivity contribution in [3.05, 3.63) is 46.2 Å². The maximum absolute atomic E-state index is 12.3. The summed E-state index contributed by atoms with van der Waals surface area (Å²) in [5.41, 5.74) is 7.06. The van der Waals surface area contributed by atoms with Crippen LogP contribution in [0.25, 0.3) is 11.4 Å². The van der Waals surface area contributed by atoms with Crippen molar-refractivity contribution < 1.29 is 9.59 Å². The van der Waals surface area contributed by atoms with Gasteiger partial charge in [0, 0.05) is 22.9 Å². The second-order valence-corrected chi connectivity index (χ2v) is 8.10. The monoisotopic (exact) mass is 415 g/mol. The Hall–Kier alpha value is -2.65. The van der Waals surface area contributed by atoms with Crippen LogP contribution >= 0.6 is 23.1 Å². The fraction of sp³-hybridized carbons (Fsp3) is 0.263. The SMILES string of the molecule is CCCc1cc(-c2nnc(SCC(=O)Nc3ccccc3C(N)=O)n2C)cs1. The lowest BCUT2D eigenvalue weighted by atomic mass is 10.1. The molecule has 0 aliphatic rings. The summed E-state index contributed by atoms with van der Waals surface area (Å²) in [7, 11) is 1.88. The van der Waals surface area contributed by atoms with Gasteiger partial charge < -0.3 is 15.6 Å². The first-order valence-corrected chi connectivity index (χ1v) is 10.6. The Labute approximate surface area is 171 Å². The molecular formula is C19H21N5O2S2. The minimum atomic E-state index is -0.584. The van der Waals surface area contributed by atoms with Crippen LogP contribution in [0.2, 0.25) is 0 Å². The van der Waals surface area contributed by atoms with Gasteiger partial charge in [0.2, 0.25) is 5.91 Å². The Morgan fingerprint density at radius 2 is 2.07 bits per heavy atom. The van der Waals surface area contributed by atoms with E-state index < -0.39 is 5.91 Å². The molecule has 146 valence electrons. The lowest BCUT2D eigenvalue weighted by Crippen LogP contribution is -2.19. The lowest BCUT2D eigenvalue weighted by molar-refractivity contribution is -0.113. The number of thioether (sulfide) groups is 1. The zero-order valence-electron chi connectivity index (χ0n) is 15.6. The molecule has 0 unspecified atom stereocenters. The maximum atomic E-state index is 12.3. The van der Waals surface area contributed by atoms with Gasteiger partial charge in [0.15, 0.2) is 11.0 Å². The topological polar surface area (TPSA) is 103 Å². The summed E-state index contributed by atoms with van der Waals surface area (Å²) in [4.78, 5) is 25.1. The van der Waals surface area contributed by atoms with Crippen molar-refractivity contribution in [2.45, 2.75) is 24.9 Å². The third-order valence-corrected chi connectivity index (χ3v) is 6.06. The first kappa shape index (κ1) is 20.1. The van der Waals surface area contributed by atoms with Crippen LogP contribution in [0.1, 0.15) is 28.6 Å². The highest BCUT2D eigenvalue weighted by molar-refractivity contribution is 7.99. The molecule has 0 saturated heterocycles. The quantitative estimate of drug-likeness (QED) is 0.549. The number of thiophene rings is 1. The van der Waals surface area contributed by atoms with Crippen molar-refractivity contribution in [1.82, 2.24) is 14.8 Å². The number of hydrogen-bond acceptors (Lipinski definition) is 6. The van der Waals surface area contributed by atoms with Crippen LogP contribution in [-0.2, 0) is 18.3 Å². The van der Waals surface area contributed by atoms with Gasteiger partial charge in [-0.3, -0.25) is 9.59 Å². The highest BCUT2D eigenvalue weighted by atomic mass is 32.2.